The number of aryl methyl sites for hydroxylation is 1. The number of nitrogens with one attached hydrogen (secondary N) is 1. The van der Waals surface area contributed by atoms with Gasteiger partial charge in [-0.05, 0) is 63.1 Å². The Morgan fingerprint density at radius 1 is 1.23 bits per heavy atom. The van der Waals surface area contributed by atoms with Crippen LogP contribution in [-0.2, 0) is 23.2 Å². The number of hydrogen-bond donors (Lipinski definition) is 2. The van der Waals surface area contributed by atoms with Crippen LogP contribution >= 0.6 is 0 Å². The number of amides is 4. The second kappa shape index (κ2) is 12.4. The molecule has 1 fully saturated rings. The van der Waals surface area contributed by atoms with Crippen molar-refractivity contribution >= 4 is 40.3 Å². The SMILES string of the molecule is CC(=O)COc1ccc(N2CC(=O)N(Cc3cc4cnc(C(=O)N[C@H](C#N)CCCCN)nc4n3C)C2=O)cc1. The van der Waals surface area contributed by atoms with Gasteiger partial charge in [-0.1, -0.05) is 0 Å². The second-order valence-electron chi connectivity index (χ2n) is 9.44. The summed E-state index contributed by atoms with van der Waals surface area (Å²) in [6.07, 6.45) is 3.43. The van der Waals surface area contributed by atoms with Gasteiger partial charge in [0.05, 0.1) is 12.6 Å². The standard InChI is InChI=1S/C27H30N8O5/c1-17(36)16-40-22-8-6-20(7-9-22)34-15-23(37)35(27(34)39)14-21-11-18-13-30-24(32-25(18)33(21)2)26(38)31-19(12-29)5-3-4-10-28/h6-9,11,13,19H,3-5,10,14-16,28H2,1-2H3,(H,31,38)/t19-/m0/s1. The number of urea groups is 1. The molecule has 13 heteroatoms. The van der Waals surface area contributed by atoms with Gasteiger partial charge in [-0.3, -0.25) is 24.2 Å². The van der Waals surface area contributed by atoms with Crippen LogP contribution in [0.4, 0.5) is 10.5 Å². The summed E-state index contributed by atoms with van der Waals surface area (Å²) in [6.45, 7) is 1.77. The highest BCUT2D eigenvalue weighted by Gasteiger charge is 2.37. The zero-order valence-corrected chi connectivity index (χ0v) is 22.3. The Morgan fingerprint density at radius 2 is 1.98 bits per heavy atom. The Balaban J connectivity index is 1.46. The number of Topliss-reactive ketones (excluding diaryl/α,β-unsaturated/α-hetero) is 1. The summed E-state index contributed by atoms with van der Waals surface area (Å²) in [5, 5.41) is 12.6. The average molecular weight is 547 g/mol. The molecule has 208 valence electrons. The summed E-state index contributed by atoms with van der Waals surface area (Å²) in [5.74, 6) is -0.652. The highest BCUT2D eigenvalue weighted by Crippen LogP contribution is 2.26. The monoisotopic (exact) mass is 546 g/mol. The Labute approximate surface area is 230 Å². The number of anilines is 1. The topological polar surface area (TPSA) is 177 Å². The normalized spacial score (nSPS) is 13.9. The first-order valence-corrected chi connectivity index (χ1v) is 12.8. The van der Waals surface area contributed by atoms with E-state index in [-0.39, 0.29) is 37.2 Å². The van der Waals surface area contributed by atoms with Gasteiger partial charge in [0, 0.05) is 30.0 Å². The van der Waals surface area contributed by atoms with Crippen LogP contribution in [0.25, 0.3) is 11.0 Å². The van der Waals surface area contributed by atoms with E-state index < -0.39 is 18.0 Å². The Kier molecular flexibility index (Phi) is 8.70. The number of nitriles is 1. The van der Waals surface area contributed by atoms with Crippen LogP contribution in [0.2, 0.25) is 0 Å². The number of aromatic nitrogens is 3. The molecule has 3 aromatic rings. The largest absolute Gasteiger partial charge is 0.486 e. The van der Waals surface area contributed by atoms with Crippen molar-refractivity contribution in [1.82, 2.24) is 24.8 Å². The number of hydrogen-bond acceptors (Lipinski definition) is 9. The van der Waals surface area contributed by atoms with Crippen molar-refractivity contribution in [3.8, 4) is 11.8 Å². The van der Waals surface area contributed by atoms with Gasteiger partial charge < -0.3 is 20.4 Å². The molecular weight excluding hydrogens is 516 g/mol. The van der Waals surface area contributed by atoms with Crippen LogP contribution in [0.3, 0.4) is 0 Å². The van der Waals surface area contributed by atoms with Crippen molar-refractivity contribution in [3.05, 3.63) is 48.0 Å². The van der Waals surface area contributed by atoms with Gasteiger partial charge in [0.1, 0.15) is 30.6 Å². The van der Waals surface area contributed by atoms with Crippen molar-refractivity contribution in [3.63, 3.8) is 0 Å². The van der Waals surface area contributed by atoms with E-state index in [0.29, 0.717) is 47.6 Å². The number of unbranched alkanes of at least 4 members (excludes halogenated alkanes) is 1. The summed E-state index contributed by atoms with van der Waals surface area (Å²) in [5.41, 5.74) is 7.08. The molecule has 0 unspecified atom stereocenters. The molecule has 0 radical (unpaired) electrons. The van der Waals surface area contributed by atoms with Gasteiger partial charge in [0.2, 0.25) is 5.82 Å². The Morgan fingerprint density at radius 3 is 2.65 bits per heavy atom. The third-order valence-electron chi connectivity index (χ3n) is 6.44. The first-order valence-electron chi connectivity index (χ1n) is 12.8. The van der Waals surface area contributed by atoms with E-state index in [1.807, 2.05) is 0 Å². The molecule has 2 aromatic heterocycles. The summed E-state index contributed by atoms with van der Waals surface area (Å²) in [7, 11) is 1.72. The summed E-state index contributed by atoms with van der Waals surface area (Å²) in [6, 6.07) is 9.23. The molecular formula is C27H30N8O5. The molecule has 0 spiro atoms. The van der Waals surface area contributed by atoms with E-state index in [2.05, 4.69) is 21.4 Å². The number of carbonyl (C=O) groups excluding carboxylic acids is 4. The van der Waals surface area contributed by atoms with Crippen molar-refractivity contribution in [2.45, 2.75) is 38.8 Å². The number of rotatable bonds is 12. The van der Waals surface area contributed by atoms with E-state index >= 15 is 0 Å². The van der Waals surface area contributed by atoms with E-state index in [4.69, 9.17) is 10.5 Å². The van der Waals surface area contributed by atoms with Gasteiger partial charge in [-0.15, -0.1) is 0 Å². The van der Waals surface area contributed by atoms with E-state index in [0.717, 1.165) is 11.3 Å². The molecule has 0 aliphatic carbocycles. The van der Waals surface area contributed by atoms with Crippen LogP contribution in [0.5, 0.6) is 5.75 Å². The maximum Gasteiger partial charge on any atom is 0.332 e. The van der Waals surface area contributed by atoms with Crippen LogP contribution in [-0.4, -0.2) is 68.8 Å². The summed E-state index contributed by atoms with van der Waals surface area (Å²) < 4.78 is 7.05. The number of nitrogens with two attached hydrogens (primary N) is 1. The van der Waals surface area contributed by atoms with Crippen molar-refractivity contribution in [1.29, 1.82) is 5.26 Å². The Bertz CT molecular complexity index is 1480. The number of nitrogens with zero attached hydrogens (tertiary/aromatic N) is 6. The fourth-order valence-electron chi connectivity index (χ4n) is 4.28. The van der Waals surface area contributed by atoms with Crippen LogP contribution in [0.15, 0.2) is 36.5 Å². The van der Waals surface area contributed by atoms with Gasteiger partial charge in [0.15, 0.2) is 5.78 Å². The van der Waals surface area contributed by atoms with Gasteiger partial charge in [-0.25, -0.2) is 14.8 Å². The van der Waals surface area contributed by atoms with Crippen molar-refractivity contribution < 1.29 is 23.9 Å². The minimum absolute atomic E-state index is 0.0000119. The third kappa shape index (κ3) is 6.24. The van der Waals surface area contributed by atoms with E-state index in [9.17, 15) is 24.4 Å². The minimum Gasteiger partial charge on any atom is -0.486 e. The minimum atomic E-state index is -0.679. The summed E-state index contributed by atoms with van der Waals surface area (Å²) >= 11 is 0. The Hall–Kier alpha value is -4.83. The van der Waals surface area contributed by atoms with E-state index in [1.54, 1.807) is 41.9 Å². The highest BCUT2D eigenvalue weighted by molar-refractivity contribution is 6.12. The first kappa shape index (κ1) is 28.2. The molecule has 0 bridgehead atoms. The van der Waals surface area contributed by atoms with Gasteiger partial charge in [0.25, 0.3) is 11.8 Å². The van der Waals surface area contributed by atoms with Gasteiger partial charge in [-0.2, -0.15) is 5.26 Å². The maximum atomic E-state index is 13.1. The lowest BCUT2D eigenvalue weighted by molar-refractivity contribution is -0.125. The fourth-order valence-corrected chi connectivity index (χ4v) is 4.28. The molecule has 4 amide bonds. The second-order valence-corrected chi connectivity index (χ2v) is 9.44. The predicted octanol–water partition coefficient (Wildman–Crippen LogP) is 1.66. The summed E-state index contributed by atoms with van der Waals surface area (Å²) in [4.78, 5) is 60.8. The zero-order chi connectivity index (χ0) is 28.8. The van der Waals surface area contributed by atoms with E-state index in [1.165, 1.54) is 18.0 Å². The lowest BCUT2D eigenvalue weighted by Crippen LogP contribution is -2.35. The number of ether oxygens (including phenoxy) is 1. The van der Waals surface area contributed by atoms with Crippen LogP contribution in [0.1, 0.15) is 42.5 Å². The highest BCUT2D eigenvalue weighted by atomic mass is 16.5. The molecule has 1 aromatic carbocycles. The fraction of sp³-hybridized carbons (Fsp3) is 0.370. The smallest absolute Gasteiger partial charge is 0.332 e. The first-order chi connectivity index (χ1) is 19.2. The lowest BCUT2D eigenvalue weighted by Gasteiger charge is -2.18. The molecule has 4 rings (SSSR count). The van der Waals surface area contributed by atoms with Crippen molar-refractivity contribution in [2.24, 2.45) is 12.8 Å². The van der Waals surface area contributed by atoms with Crippen LogP contribution < -0.4 is 20.7 Å². The third-order valence-corrected chi connectivity index (χ3v) is 6.44. The average Bonchev–Trinajstić information content (AvgIpc) is 3.41. The van der Waals surface area contributed by atoms with Gasteiger partial charge >= 0.3 is 6.03 Å². The molecule has 3 heterocycles. The number of carbonyl (C=O) groups is 4. The molecule has 1 atom stereocenters. The number of benzene rings is 1. The number of imide groups is 1. The lowest BCUT2D eigenvalue weighted by atomic mass is 10.1. The molecule has 40 heavy (non-hydrogen) atoms. The van der Waals surface area contributed by atoms with Crippen molar-refractivity contribution in [2.75, 3.05) is 24.6 Å². The number of fused-ring (bicyclic) bond motifs is 1. The molecule has 3 N–H and O–H groups in total. The number of ketones is 1. The molecule has 1 aliphatic rings. The quantitative estimate of drug-likeness (QED) is 0.253. The molecule has 13 nitrogen and oxygen atoms in total. The maximum absolute atomic E-state index is 13.1. The zero-order valence-electron chi connectivity index (χ0n) is 22.3. The predicted molar refractivity (Wildman–Crippen MR) is 144 cm³/mol. The van der Waals surface area contributed by atoms with Crippen LogP contribution in [0, 0.1) is 11.3 Å². The molecule has 1 aliphatic heterocycles. The molecule has 0 saturated carbocycles. The molecule has 1 saturated heterocycles.